The molecule has 0 fully saturated rings. The molecule has 0 saturated carbocycles. The van der Waals surface area contributed by atoms with Crippen LogP contribution >= 0.6 is 0 Å². The monoisotopic (exact) mass is 500 g/mol. The van der Waals surface area contributed by atoms with Crippen molar-refractivity contribution in [1.82, 2.24) is 5.32 Å². The summed E-state index contributed by atoms with van der Waals surface area (Å²) in [7, 11) is 0. The van der Waals surface area contributed by atoms with Crippen LogP contribution in [0.15, 0.2) is 0 Å². The third-order valence-corrected chi connectivity index (χ3v) is 7.42. The highest BCUT2D eigenvalue weighted by molar-refractivity contribution is 5.72. The third kappa shape index (κ3) is 12.9. The lowest BCUT2D eigenvalue weighted by atomic mass is 9.68. The fraction of sp³-hybridized carbons (Fsp3) is 0.966. The van der Waals surface area contributed by atoms with Gasteiger partial charge in [0, 0.05) is 25.0 Å². The van der Waals surface area contributed by atoms with E-state index in [1.807, 2.05) is 41.5 Å². The molecule has 6 nitrogen and oxygen atoms in total. The normalized spacial score (nSPS) is 17.3. The van der Waals surface area contributed by atoms with Gasteiger partial charge < -0.3 is 25.6 Å². The molecule has 0 saturated heterocycles. The molecule has 6 heteroatoms. The molecular weight excluding hydrogens is 440 g/mol. The number of ether oxygens (including phenoxy) is 2. The number of hydrogen-bond acceptors (Lipinski definition) is 6. The third-order valence-electron chi connectivity index (χ3n) is 7.42. The minimum absolute atomic E-state index is 0.00742. The van der Waals surface area contributed by atoms with Gasteiger partial charge in [-0.2, -0.15) is 0 Å². The van der Waals surface area contributed by atoms with Gasteiger partial charge in [-0.3, -0.25) is 4.79 Å². The van der Waals surface area contributed by atoms with Gasteiger partial charge in [-0.1, -0.05) is 62.3 Å². The fourth-order valence-corrected chi connectivity index (χ4v) is 4.26. The van der Waals surface area contributed by atoms with E-state index in [2.05, 4.69) is 53.8 Å². The van der Waals surface area contributed by atoms with Crippen molar-refractivity contribution in [1.29, 1.82) is 0 Å². The molecule has 4 N–H and O–H groups in total. The van der Waals surface area contributed by atoms with Crippen molar-refractivity contribution < 1.29 is 19.4 Å². The first-order valence-electron chi connectivity index (χ1n) is 13.7. The van der Waals surface area contributed by atoms with E-state index in [1.54, 1.807) is 0 Å². The minimum Gasteiger partial charge on any atom is -0.459 e. The van der Waals surface area contributed by atoms with Gasteiger partial charge >= 0.3 is 5.97 Å². The molecule has 0 aromatic carbocycles. The van der Waals surface area contributed by atoms with Gasteiger partial charge in [0.1, 0.15) is 5.60 Å². The molecule has 4 unspecified atom stereocenters. The van der Waals surface area contributed by atoms with E-state index in [0.717, 1.165) is 19.3 Å². The lowest BCUT2D eigenvalue weighted by molar-refractivity contribution is -0.162. The first kappa shape index (κ1) is 34.3. The van der Waals surface area contributed by atoms with Crippen LogP contribution in [-0.4, -0.2) is 54.1 Å². The highest BCUT2D eigenvalue weighted by Gasteiger charge is 2.39. The number of aliphatic hydroxyl groups is 1. The second kappa shape index (κ2) is 13.7. The van der Waals surface area contributed by atoms with Crippen LogP contribution < -0.4 is 11.1 Å². The fourth-order valence-electron chi connectivity index (χ4n) is 4.26. The van der Waals surface area contributed by atoms with Crippen molar-refractivity contribution in [2.45, 2.75) is 146 Å². The largest absolute Gasteiger partial charge is 0.459 e. The summed E-state index contributed by atoms with van der Waals surface area (Å²) in [6, 6.07) is 0.118. The van der Waals surface area contributed by atoms with Gasteiger partial charge in [0.25, 0.3) is 0 Å². The summed E-state index contributed by atoms with van der Waals surface area (Å²) in [6.07, 6.45) is 2.81. The number of nitrogens with two attached hydrogens (primary N) is 1. The molecule has 0 radical (unpaired) electrons. The standard InChI is InChI=1S/C29H60N2O4/c1-14-24(32)28(10,11)17-22(30)27(8,9)18-23(26(5,6)7)31-19-21(4)25(33)35-29(12,13)15-16-34-20(2)3/h20-24,31-32H,14-19,30H2,1-13H3. The van der Waals surface area contributed by atoms with E-state index in [1.165, 1.54) is 0 Å². The average molecular weight is 501 g/mol. The van der Waals surface area contributed by atoms with Crippen molar-refractivity contribution >= 4 is 5.97 Å². The van der Waals surface area contributed by atoms with Crippen LogP contribution in [0.4, 0.5) is 0 Å². The van der Waals surface area contributed by atoms with Gasteiger partial charge in [-0.15, -0.1) is 0 Å². The Morgan fingerprint density at radius 3 is 1.94 bits per heavy atom. The Morgan fingerprint density at radius 1 is 0.943 bits per heavy atom. The maximum atomic E-state index is 12.8. The number of nitrogens with one attached hydrogen (secondary N) is 1. The van der Waals surface area contributed by atoms with Crippen LogP contribution in [0.2, 0.25) is 0 Å². The number of hydrogen-bond donors (Lipinski definition) is 3. The SMILES string of the molecule is CCC(O)C(C)(C)CC(N)C(C)(C)CC(NCC(C)C(=O)OC(C)(C)CCOC(C)C)C(C)(C)C. The Morgan fingerprint density at radius 2 is 1.49 bits per heavy atom. The molecule has 0 heterocycles. The Bertz CT molecular complexity index is 623. The molecule has 0 aliphatic carbocycles. The smallest absolute Gasteiger partial charge is 0.310 e. The van der Waals surface area contributed by atoms with Gasteiger partial charge in [0.15, 0.2) is 0 Å². The second-order valence-corrected chi connectivity index (χ2v) is 14.0. The van der Waals surface area contributed by atoms with Gasteiger partial charge in [-0.05, 0) is 63.2 Å². The summed E-state index contributed by atoms with van der Waals surface area (Å²) in [5.74, 6) is -0.452. The number of aliphatic hydroxyl groups excluding tert-OH is 1. The number of rotatable bonds is 16. The van der Waals surface area contributed by atoms with Crippen LogP contribution in [0.1, 0.15) is 116 Å². The molecule has 4 atom stereocenters. The average Bonchev–Trinajstić information content (AvgIpc) is 2.67. The first-order chi connectivity index (χ1) is 15.6. The predicted octanol–water partition coefficient (Wildman–Crippen LogP) is 5.69. The van der Waals surface area contributed by atoms with E-state index in [0.29, 0.717) is 19.6 Å². The summed E-state index contributed by atoms with van der Waals surface area (Å²) in [6.45, 7) is 28.2. The summed E-state index contributed by atoms with van der Waals surface area (Å²) in [4.78, 5) is 12.8. The molecule has 35 heavy (non-hydrogen) atoms. The van der Waals surface area contributed by atoms with Crippen molar-refractivity contribution in [3.63, 3.8) is 0 Å². The van der Waals surface area contributed by atoms with Crippen LogP contribution in [0.5, 0.6) is 0 Å². The lowest BCUT2D eigenvalue weighted by Crippen LogP contribution is -2.51. The molecule has 0 amide bonds. The quantitative estimate of drug-likeness (QED) is 0.236. The van der Waals surface area contributed by atoms with E-state index >= 15 is 0 Å². The lowest BCUT2D eigenvalue weighted by Gasteiger charge is -2.43. The van der Waals surface area contributed by atoms with Crippen molar-refractivity contribution in [2.75, 3.05) is 13.2 Å². The molecule has 0 rings (SSSR count). The molecule has 0 aromatic rings. The number of esters is 1. The minimum atomic E-state index is -0.561. The predicted molar refractivity (Wildman–Crippen MR) is 147 cm³/mol. The maximum absolute atomic E-state index is 12.8. The van der Waals surface area contributed by atoms with Crippen molar-refractivity contribution in [3.05, 3.63) is 0 Å². The first-order valence-corrected chi connectivity index (χ1v) is 13.7. The summed E-state index contributed by atoms with van der Waals surface area (Å²) < 4.78 is 11.4. The Labute approximate surface area is 217 Å². The highest BCUT2D eigenvalue weighted by atomic mass is 16.6. The van der Waals surface area contributed by atoms with Crippen molar-refractivity contribution in [2.24, 2.45) is 27.9 Å². The second-order valence-electron chi connectivity index (χ2n) is 14.0. The zero-order chi connectivity index (χ0) is 27.8. The molecule has 0 bridgehead atoms. The molecule has 210 valence electrons. The van der Waals surface area contributed by atoms with Crippen molar-refractivity contribution in [3.8, 4) is 0 Å². The molecule has 0 spiro atoms. The highest BCUT2D eigenvalue weighted by Crippen LogP contribution is 2.38. The number of carbonyl (C=O) groups is 1. The summed E-state index contributed by atoms with van der Waals surface area (Å²) >= 11 is 0. The Kier molecular flexibility index (Phi) is 13.5. The molecule has 0 aliphatic heterocycles. The molecule has 0 aromatic heterocycles. The van der Waals surface area contributed by atoms with Gasteiger partial charge in [0.2, 0.25) is 0 Å². The topological polar surface area (TPSA) is 93.8 Å². The molecule has 0 aliphatic rings. The van der Waals surface area contributed by atoms with Gasteiger partial charge in [-0.25, -0.2) is 0 Å². The molecular formula is C29H60N2O4. The van der Waals surface area contributed by atoms with Crippen LogP contribution in [0, 0.1) is 22.2 Å². The van der Waals surface area contributed by atoms with Crippen LogP contribution in [-0.2, 0) is 14.3 Å². The van der Waals surface area contributed by atoms with Crippen LogP contribution in [0.3, 0.4) is 0 Å². The van der Waals surface area contributed by atoms with E-state index in [-0.39, 0.29) is 52.4 Å². The van der Waals surface area contributed by atoms with E-state index in [4.69, 9.17) is 15.2 Å². The van der Waals surface area contributed by atoms with E-state index < -0.39 is 5.60 Å². The zero-order valence-electron chi connectivity index (χ0n) is 25.4. The summed E-state index contributed by atoms with van der Waals surface area (Å²) in [5.41, 5.74) is 5.79. The summed E-state index contributed by atoms with van der Waals surface area (Å²) in [5, 5.41) is 14.1. The Balaban J connectivity index is 5.12. The zero-order valence-corrected chi connectivity index (χ0v) is 25.4. The number of carbonyl (C=O) groups excluding carboxylic acids is 1. The Hall–Kier alpha value is -0.690. The van der Waals surface area contributed by atoms with Gasteiger partial charge in [0.05, 0.1) is 24.7 Å². The van der Waals surface area contributed by atoms with Crippen LogP contribution in [0.25, 0.3) is 0 Å². The maximum Gasteiger partial charge on any atom is 0.310 e. The van der Waals surface area contributed by atoms with E-state index in [9.17, 15) is 9.90 Å².